The Kier molecular flexibility index (Phi) is 10.6. The molecule has 0 radical (unpaired) electrons. The van der Waals surface area contributed by atoms with Crippen molar-refractivity contribution < 1.29 is 27.5 Å². The second-order valence-electron chi connectivity index (χ2n) is 10.6. The minimum absolute atomic E-state index is 0.0425. The van der Waals surface area contributed by atoms with Crippen molar-refractivity contribution in [3.63, 3.8) is 0 Å². The van der Waals surface area contributed by atoms with Gasteiger partial charge in [0.25, 0.3) is 0 Å². The number of hydrogen-bond donors (Lipinski definition) is 0. The lowest BCUT2D eigenvalue weighted by molar-refractivity contribution is -0.144. The first-order chi connectivity index (χ1) is 17.9. The van der Waals surface area contributed by atoms with Gasteiger partial charge in [0.15, 0.2) is 0 Å². The maximum absolute atomic E-state index is 13.2. The van der Waals surface area contributed by atoms with Gasteiger partial charge < -0.3 is 24.2 Å². The van der Waals surface area contributed by atoms with Gasteiger partial charge in [0.05, 0.1) is 18.6 Å². The summed E-state index contributed by atoms with van der Waals surface area (Å²) in [6.45, 7) is 6.75. The molecule has 0 N–H and O–H groups in total. The fraction of sp³-hybridized carbons (Fsp3) is 0.704. The first-order valence-electron chi connectivity index (χ1n) is 13.4. The second-order valence-corrected chi connectivity index (χ2v) is 12.6. The Hall–Kier alpha value is -2.21. The predicted octanol–water partition coefficient (Wildman–Crippen LogP) is 1.74. The van der Waals surface area contributed by atoms with E-state index in [0.717, 1.165) is 45.3 Å². The third kappa shape index (κ3) is 7.25. The van der Waals surface area contributed by atoms with Crippen LogP contribution in [0.4, 0.5) is 0 Å². The highest BCUT2D eigenvalue weighted by molar-refractivity contribution is 7.89. The molecule has 1 aromatic carbocycles. The van der Waals surface area contributed by atoms with E-state index >= 15 is 0 Å². The molecule has 2 aliphatic rings. The maximum atomic E-state index is 13.2. The minimum atomic E-state index is -3.72. The lowest BCUT2D eigenvalue weighted by Crippen LogP contribution is -2.53. The van der Waals surface area contributed by atoms with E-state index in [1.807, 2.05) is 4.90 Å². The number of piperidine rings is 2. The molecule has 0 aliphatic carbocycles. The van der Waals surface area contributed by atoms with E-state index in [2.05, 4.69) is 11.9 Å². The molecule has 2 aliphatic heterocycles. The van der Waals surface area contributed by atoms with Gasteiger partial charge in [-0.1, -0.05) is 0 Å². The van der Waals surface area contributed by atoms with Crippen LogP contribution in [0.5, 0.6) is 5.75 Å². The minimum Gasteiger partial charge on any atom is -0.497 e. The number of amides is 2. The van der Waals surface area contributed by atoms with Crippen molar-refractivity contribution in [2.24, 2.45) is 5.92 Å². The molecule has 2 amide bonds. The van der Waals surface area contributed by atoms with Crippen LogP contribution in [0.25, 0.3) is 0 Å². The van der Waals surface area contributed by atoms with Gasteiger partial charge in [-0.25, -0.2) is 8.42 Å². The number of aryl methyl sites for hydroxylation is 2. The van der Waals surface area contributed by atoms with Gasteiger partial charge in [0.1, 0.15) is 12.4 Å². The Bertz CT molecular complexity index is 1060. The Morgan fingerprint density at radius 1 is 1.05 bits per heavy atom. The number of rotatable bonds is 10. The Labute approximate surface area is 227 Å². The molecule has 11 heteroatoms. The van der Waals surface area contributed by atoms with Crippen LogP contribution in [0.3, 0.4) is 0 Å². The molecule has 2 fully saturated rings. The summed E-state index contributed by atoms with van der Waals surface area (Å²) in [6, 6.07) is 3.36. The molecule has 0 bridgehead atoms. The van der Waals surface area contributed by atoms with Crippen LogP contribution in [0.1, 0.15) is 36.8 Å². The van der Waals surface area contributed by atoms with Crippen molar-refractivity contribution >= 4 is 21.8 Å². The predicted molar refractivity (Wildman–Crippen MR) is 146 cm³/mol. The van der Waals surface area contributed by atoms with Gasteiger partial charge in [-0.3, -0.25) is 9.59 Å². The summed E-state index contributed by atoms with van der Waals surface area (Å²) < 4.78 is 38.4. The number of likely N-dealkylation sites (N-methyl/N-ethyl adjacent to an activating group) is 2. The Morgan fingerprint density at radius 2 is 1.68 bits per heavy atom. The number of sulfonamides is 1. The van der Waals surface area contributed by atoms with Crippen molar-refractivity contribution in [1.29, 1.82) is 0 Å². The molecule has 10 nitrogen and oxygen atoms in total. The number of nitrogens with zero attached hydrogens (tertiary/aromatic N) is 4. The summed E-state index contributed by atoms with van der Waals surface area (Å²) in [5.41, 5.74) is 1.23. The van der Waals surface area contributed by atoms with Gasteiger partial charge in [-0.05, 0) is 82.9 Å². The standard InChI is InChI=1S/C27H44N4O6S/c1-20-16-24(36-6)17-21(2)26(20)38(34,35)29(4)14-15-37-19-25(32)30(5)23-8-7-11-31(18-23)27(33)22-9-12-28(3)13-10-22/h16-17,22-23H,7-15,18-19H2,1-6H3. The lowest BCUT2D eigenvalue weighted by atomic mass is 9.94. The van der Waals surface area contributed by atoms with E-state index in [1.54, 1.807) is 45.0 Å². The van der Waals surface area contributed by atoms with Crippen LogP contribution >= 0.6 is 0 Å². The van der Waals surface area contributed by atoms with Crippen LogP contribution in [-0.4, -0.2) is 119 Å². The number of benzene rings is 1. The van der Waals surface area contributed by atoms with Gasteiger partial charge in [0.2, 0.25) is 21.8 Å². The zero-order chi connectivity index (χ0) is 28.0. The molecule has 3 rings (SSSR count). The van der Waals surface area contributed by atoms with Crippen molar-refractivity contribution in [2.75, 3.05) is 74.2 Å². The zero-order valence-electron chi connectivity index (χ0n) is 23.7. The largest absolute Gasteiger partial charge is 0.497 e. The quantitative estimate of drug-likeness (QED) is 0.408. The van der Waals surface area contributed by atoms with Crippen molar-refractivity contribution in [3.8, 4) is 5.75 Å². The van der Waals surface area contributed by atoms with Crippen molar-refractivity contribution in [3.05, 3.63) is 23.3 Å². The highest BCUT2D eigenvalue weighted by Crippen LogP contribution is 2.28. The van der Waals surface area contributed by atoms with E-state index in [1.165, 1.54) is 11.4 Å². The average molecular weight is 553 g/mol. The molecule has 1 aromatic rings. The summed E-state index contributed by atoms with van der Waals surface area (Å²) >= 11 is 0. The summed E-state index contributed by atoms with van der Waals surface area (Å²) in [4.78, 5) is 32.0. The van der Waals surface area contributed by atoms with Gasteiger partial charge >= 0.3 is 0 Å². The normalized spacial score (nSPS) is 19.6. The van der Waals surface area contributed by atoms with E-state index in [9.17, 15) is 18.0 Å². The highest BCUT2D eigenvalue weighted by atomic mass is 32.2. The zero-order valence-corrected chi connectivity index (χ0v) is 24.6. The average Bonchev–Trinajstić information content (AvgIpc) is 2.89. The SMILES string of the molecule is COc1cc(C)c(S(=O)(=O)N(C)CCOCC(=O)N(C)C2CCCN(C(=O)C3CCN(C)CC3)C2)c(C)c1. The number of hydrogen-bond acceptors (Lipinski definition) is 7. The van der Waals surface area contributed by atoms with Crippen LogP contribution in [-0.2, 0) is 24.3 Å². The number of methoxy groups -OCH3 is 1. The van der Waals surface area contributed by atoms with Crippen molar-refractivity contribution in [2.45, 2.75) is 50.5 Å². The fourth-order valence-electron chi connectivity index (χ4n) is 5.35. The molecule has 2 heterocycles. The van der Waals surface area contributed by atoms with E-state index in [-0.39, 0.29) is 48.4 Å². The third-order valence-corrected chi connectivity index (χ3v) is 9.99. The lowest BCUT2D eigenvalue weighted by Gasteiger charge is -2.40. The number of likely N-dealkylation sites (tertiary alicyclic amines) is 2. The summed E-state index contributed by atoms with van der Waals surface area (Å²) in [5.74, 6) is 0.732. The van der Waals surface area contributed by atoms with E-state index in [4.69, 9.17) is 9.47 Å². The molecule has 1 atom stereocenters. The first kappa shape index (κ1) is 30.3. The molecule has 1 unspecified atom stereocenters. The summed E-state index contributed by atoms with van der Waals surface area (Å²) in [7, 11) is 3.17. The van der Waals surface area contributed by atoms with Crippen molar-refractivity contribution in [1.82, 2.24) is 19.0 Å². The number of carbonyl (C=O) groups is 2. The number of carbonyl (C=O) groups excluding carboxylic acids is 2. The molecule has 214 valence electrons. The molecule has 0 aromatic heterocycles. The smallest absolute Gasteiger partial charge is 0.248 e. The molecule has 2 saturated heterocycles. The molecular formula is C27H44N4O6S. The van der Waals surface area contributed by atoms with Crippen LogP contribution in [0.2, 0.25) is 0 Å². The summed E-state index contributed by atoms with van der Waals surface area (Å²) in [6.07, 6.45) is 3.50. The highest BCUT2D eigenvalue weighted by Gasteiger charge is 2.33. The third-order valence-electron chi connectivity index (χ3n) is 7.83. The van der Waals surface area contributed by atoms with Gasteiger partial charge in [-0.2, -0.15) is 4.31 Å². The maximum Gasteiger partial charge on any atom is 0.248 e. The van der Waals surface area contributed by atoms with Crippen LogP contribution in [0.15, 0.2) is 17.0 Å². The Balaban J connectivity index is 1.47. The molecular weight excluding hydrogens is 508 g/mol. The second kappa shape index (κ2) is 13.2. The monoisotopic (exact) mass is 552 g/mol. The topological polar surface area (TPSA) is 99.7 Å². The summed E-state index contributed by atoms with van der Waals surface area (Å²) in [5, 5.41) is 0. The van der Waals surface area contributed by atoms with E-state index < -0.39 is 10.0 Å². The van der Waals surface area contributed by atoms with Gasteiger partial charge in [0, 0.05) is 45.7 Å². The van der Waals surface area contributed by atoms with Gasteiger partial charge in [-0.15, -0.1) is 0 Å². The van der Waals surface area contributed by atoms with E-state index in [0.29, 0.717) is 23.4 Å². The fourth-order valence-corrected chi connectivity index (χ4v) is 6.91. The Morgan fingerprint density at radius 3 is 2.29 bits per heavy atom. The molecule has 38 heavy (non-hydrogen) atoms. The first-order valence-corrected chi connectivity index (χ1v) is 14.8. The molecule has 0 spiro atoms. The van der Waals surface area contributed by atoms with Crippen LogP contribution in [0, 0.1) is 19.8 Å². The molecule has 0 saturated carbocycles. The van der Waals surface area contributed by atoms with Crippen LogP contribution < -0.4 is 4.74 Å². The number of ether oxygens (including phenoxy) is 2.